The van der Waals surface area contributed by atoms with Crippen molar-refractivity contribution in [3.8, 4) is 0 Å². The van der Waals surface area contributed by atoms with Crippen molar-refractivity contribution in [2.75, 3.05) is 24.7 Å². The highest BCUT2D eigenvalue weighted by molar-refractivity contribution is 7.91. The number of likely N-dealkylation sites (N-methyl/N-ethyl adjacent to an activating group) is 1. The Bertz CT molecular complexity index is 402. The molecule has 0 saturated carbocycles. The largest absolute Gasteiger partial charge is 0.497 e. The predicted molar refractivity (Wildman–Crippen MR) is 72.1 cm³/mol. The third kappa shape index (κ3) is 3.72. The average Bonchev–Trinajstić information content (AvgIpc) is 2.69. The fourth-order valence-corrected chi connectivity index (χ4v) is 4.64. The van der Waals surface area contributed by atoms with Crippen molar-refractivity contribution in [2.45, 2.75) is 38.6 Å². The van der Waals surface area contributed by atoms with Gasteiger partial charge in [-0.3, -0.25) is 0 Å². The summed E-state index contributed by atoms with van der Waals surface area (Å²) >= 11 is 0. The van der Waals surface area contributed by atoms with Gasteiger partial charge in [0.25, 0.3) is 0 Å². The van der Waals surface area contributed by atoms with Crippen LogP contribution in [0.3, 0.4) is 0 Å². The van der Waals surface area contributed by atoms with E-state index in [0.717, 1.165) is 44.6 Å². The van der Waals surface area contributed by atoms with Gasteiger partial charge in [-0.1, -0.05) is 6.92 Å². The summed E-state index contributed by atoms with van der Waals surface area (Å²) in [5, 5.41) is 3.42. The minimum atomic E-state index is -2.77. The highest BCUT2D eigenvalue weighted by atomic mass is 32.2. The lowest BCUT2D eigenvalue weighted by Gasteiger charge is -2.26. The Kier molecular flexibility index (Phi) is 4.67. The molecule has 4 nitrogen and oxygen atoms in total. The molecular formula is C13H23NO3S. The minimum Gasteiger partial charge on any atom is -0.497 e. The van der Waals surface area contributed by atoms with Crippen LogP contribution in [0.25, 0.3) is 0 Å². The van der Waals surface area contributed by atoms with Crippen molar-refractivity contribution in [1.82, 2.24) is 5.32 Å². The Morgan fingerprint density at radius 2 is 2.39 bits per heavy atom. The minimum absolute atomic E-state index is 0.189. The van der Waals surface area contributed by atoms with Crippen molar-refractivity contribution in [2.24, 2.45) is 5.92 Å². The summed E-state index contributed by atoms with van der Waals surface area (Å²) in [6.07, 6.45) is 5.98. The quantitative estimate of drug-likeness (QED) is 0.824. The van der Waals surface area contributed by atoms with E-state index in [2.05, 4.69) is 18.3 Å². The van der Waals surface area contributed by atoms with Crippen molar-refractivity contribution in [3.63, 3.8) is 0 Å². The lowest BCUT2D eigenvalue weighted by molar-refractivity contribution is 0.161. The maximum atomic E-state index is 11.5. The van der Waals surface area contributed by atoms with Gasteiger partial charge in [0, 0.05) is 0 Å². The normalized spacial score (nSPS) is 28.5. The van der Waals surface area contributed by atoms with Crippen molar-refractivity contribution >= 4 is 9.84 Å². The van der Waals surface area contributed by atoms with Crippen LogP contribution < -0.4 is 5.32 Å². The van der Waals surface area contributed by atoms with Crippen LogP contribution in [-0.4, -0.2) is 39.1 Å². The highest BCUT2D eigenvalue weighted by Gasteiger charge is 2.31. The number of allylic oxidation sites excluding steroid dienone is 1. The molecule has 0 aromatic carbocycles. The van der Waals surface area contributed by atoms with Gasteiger partial charge in [0.05, 0.1) is 24.2 Å². The number of hydrogen-bond acceptors (Lipinski definition) is 4. The van der Waals surface area contributed by atoms with E-state index in [-0.39, 0.29) is 12.0 Å². The number of rotatable bonds is 5. The number of ether oxygens (including phenoxy) is 1. The van der Waals surface area contributed by atoms with E-state index in [0.29, 0.717) is 11.5 Å². The maximum absolute atomic E-state index is 11.5. The smallest absolute Gasteiger partial charge is 0.150 e. The summed E-state index contributed by atoms with van der Waals surface area (Å²) in [7, 11) is -2.77. The Hall–Kier alpha value is -0.550. The molecule has 2 heterocycles. The van der Waals surface area contributed by atoms with Gasteiger partial charge in [0.2, 0.25) is 0 Å². The van der Waals surface area contributed by atoms with Crippen molar-refractivity contribution in [1.29, 1.82) is 0 Å². The molecule has 1 fully saturated rings. The van der Waals surface area contributed by atoms with Crippen LogP contribution in [0.5, 0.6) is 0 Å². The first-order valence-electron chi connectivity index (χ1n) is 6.87. The SMILES string of the molecule is CCNC(CC1CCS(=O)(=O)C1)C1=CCCCO1. The Balaban J connectivity index is 1.96. The van der Waals surface area contributed by atoms with E-state index in [4.69, 9.17) is 4.74 Å². The molecule has 104 valence electrons. The van der Waals surface area contributed by atoms with E-state index >= 15 is 0 Å². The first-order valence-corrected chi connectivity index (χ1v) is 8.69. The van der Waals surface area contributed by atoms with Gasteiger partial charge in [-0.2, -0.15) is 0 Å². The summed E-state index contributed by atoms with van der Waals surface area (Å²) in [6, 6.07) is 0.189. The molecule has 2 rings (SSSR count). The van der Waals surface area contributed by atoms with E-state index in [9.17, 15) is 8.42 Å². The summed E-state index contributed by atoms with van der Waals surface area (Å²) in [6.45, 7) is 3.74. The molecule has 0 amide bonds. The second kappa shape index (κ2) is 6.06. The van der Waals surface area contributed by atoms with Crippen LogP contribution in [-0.2, 0) is 14.6 Å². The zero-order chi connectivity index (χ0) is 13.0. The molecule has 18 heavy (non-hydrogen) atoms. The van der Waals surface area contributed by atoms with Crippen LogP contribution in [0, 0.1) is 5.92 Å². The summed E-state index contributed by atoms with van der Waals surface area (Å²) in [4.78, 5) is 0. The van der Waals surface area contributed by atoms with Crippen LogP contribution >= 0.6 is 0 Å². The molecule has 2 atom stereocenters. The third-order valence-corrected chi connectivity index (χ3v) is 5.49. The van der Waals surface area contributed by atoms with Gasteiger partial charge < -0.3 is 10.1 Å². The van der Waals surface area contributed by atoms with E-state index in [1.807, 2.05) is 0 Å². The standard InChI is InChI=1S/C13H23NO3S/c1-2-14-12(13-5-3-4-7-17-13)9-11-6-8-18(15,16)10-11/h5,11-12,14H,2-4,6-10H2,1H3. The molecule has 0 bridgehead atoms. The summed E-state index contributed by atoms with van der Waals surface area (Å²) in [5.74, 6) is 2.01. The van der Waals surface area contributed by atoms with Crippen LogP contribution in [0.15, 0.2) is 11.8 Å². The molecule has 0 spiro atoms. The molecule has 1 saturated heterocycles. The van der Waals surface area contributed by atoms with E-state index in [1.54, 1.807) is 0 Å². The first kappa shape index (κ1) is 13.9. The average molecular weight is 273 g/mol. The molecular weight excluding hydrogens is 250 g/mol. The second-order valence-corrected chi connectivity index (χ2v) is 7.44. The maximum Gasteiger partial charge on any atom is 0.150 e. The summed E-state index contributed by atoms with van der Waals surface area (Å²) in [5.41, 5.74) is 0. The molecule has 2 aliphatic rings. The molecule has 2 aliphatic heterocycles. The van der Waals surface area contributed by atoms with Crippen LogP contribution in [0.4, 0.5) is 0 Å². The van der Waals surface area contributed by atoms with Gasteiger partial charge in [-0.05, 0) is 44.2 Å². The number of hydrogen-bond donors (Lipinski definition) is 1. The molecule has 5 heteroatoms. The van der Waals surface area contributed by atoms with Gasteiger partial charge in [0.1, 0.15) is 5.76 Å². The van der Waals surface area contributed by atoms with Crippen molar-refractivity contribution in [3.05, 3.63) is 11.8 Å². The lowest BCUT2D eigenvalue weighted by Crippen LogP contribution is -2.35. The molecule has 0 aromatic rings. The molecule has 0 radical (unpaired) electrons. The zero-order valence-electron chi connectivity index (χ0n) is 11.0. The Morgan fingerprint density at radius 1 is 1.56 bits per heavy atom. The molecule has 0 aromatic heterocycles. The lowest BCUT2D eigenvalue weighted by atomic mass is 9.97. The fraction of sp³-hybridized carbons (Fsp3) is 0.846. The molecule has 0 aliphatic carbocycles. The van der Waals surface area contributed by atoms with Crippen LogP contribution in [0.2, 0.25) is 0 Å². The first-order chi connectivity index (χ1) is 8.61. The molecule has 2 unspecified atom stereocenters. The van der Waals surface area contributed by atoms with Gasteiger partial charge >= 0.3 is 0 Å². The van der Waals surface area contributed by atoms with Gasteiger partial charge in [-0.25, -0.2) is 8.42 Å². The van der Waals surface area contributed by atoms with Gasteiger partial charge in [-0.15, -0.1) is 0 Å². The number of sulfone groups is 1. The zero-order valence-corrected chi connectivity index (χ0v) is 11.8. The predicted octanol–water partition coefficient (Wildman–Crippen LogP) is 1.48. The Morgan fingerprint density at radius 3 is 2.94 bits per heavy atom. The Labute approximate surface area is 110 Å². The fourth-order valence-electron chi connectivity index (χ4n) is 2.76. The third-order valence-electron chi connectivity index (χ3n) is 3.65. The van der Waals surface area contributed by atoms with Crippen LogP contribution in [0.1, 0.15) is 32.6 Å². The van der Waals surface area contributed by atoms with E-state index < -0.39 is 9.84 Å². The monoisotopic (exact) mass is 273 g/mol. The topological polar surface area (TPSA) is 55.4 Å². The van der Waals surface area contributed by atoms with E-state index in [1.165, 1.54) is 0 Å². The van der Waals surface area contributed by atoms with Gasteiger partial charge in [0.15, 0.2) is 9.84 Å². The van der Waals surface area contributed by atoms with Crippen molar-refractivity contribution < 1.29 is 13.2 Å². The second-order valence-electron chi connectivity index (χ2n) is 5.21. The summed E-state index contributed by atoms with van der Waals surface area (Å²) < 4.78 is 28.7. The number of nitrogens with one attached hydrogen (secondary N) is 1. The highest BCUT2D eigenvalue weighted by Crippen LogP contribution is 2.26. The molecule has 1 N–H and O–H groups in total.